The molecule has 3 aromatic rings. The first kappa shape index (κ1) is 14.0. The van der Waals surface area contributed by atoms with E-state index in [1.165, 1.54) is 11.3 Å². The van der Waals surface area contributed by atoms with Gasteiger partial charge < -0.3 is 0 Å². The molecule has 0 unspecified atom stereocenters. The molecule has 0 radical (unpaired) electrons. The van der Waals surface area contributed by atoms with E-state index in [9.17, 15) is 0 Å². The fraction of sp³-hybridized carbons (Fsp3) is 0.200. The van der Waals surface area contributed by atoms with Crippen molar-refractivity contribution in [2.75, 3.05) is 0 Å². The van der Waals surface area contributed by atoms with Crippen LogP contribution in [0.4, 0.5) is 5.13 Å². The minimum Gasteiger partial charge on any atom is -0.260 e. The van der Waals surface area contributed by atoms with Gasteiger partial charge in [0.2, 0.25) is 5.13 Å². The topological polar surface area (TPSA) is 51.0 Å². The maximum absolute atomic E-state index is 4.70. The van der Waals surface area contributed by atoms with Crippen LogP contribution in [0.3, 0.4) is 0 Å². The Bertz CT molecular complexity index is 773. The Hall–Kier alpha value is -1.92. The van der Waals surface area contributed by atoms with Gasteiger partial charge in [-0.05, 0) is 24.8 Å². The average molecular weight is 314 g/mol. The summed E-state index contributed by atoms with van der Waals surface area (Å²) in [7, 11) is 0. The molecule has 3 aromatic heterocycles. The lowest BCUT2D eigenvalue weighted by atomic mass is 10.0. The molecule has 21 heavy (non-hydrogen) atoms. The molecule has 0 aliphatic rings. The summed E-state index contributed by atoms with van der Waals surface area (Å²) in [6.07, 6.45) is 1.83. The molecule has 0 amide bonds. The van der Waals surface area contributed by atoms with Crippen molar-refractivity contribution < 1.29 is 0 Å². The van der Waals surface area contributed by atoms with Crippen LogP contribution in [-0.4, -0.2) is 21.7 Å². The zero-order chi connectivity index (χ0) is 14.8. The van der Waals surface area contributed by atoms with Crippen molar-refractivity contribution in [2.45, 2.75) is 19.8 Å². The van der Waals surface area contributed by atoms with E-state index in [0.29, 0.717) is 11.0 Å². The third-order valence-electron chi connectivity index (χ3n) is 3.01. The van der Waals surface area contributed by atoms with Crippen LogP contribution in [-0.2, 0) is 0 Å². The van der Waals surface area contributed by atoms with E-state index in [1.54, 1.807) is 11.3 Å². The van der Waals surface area contributed by atoms with Gasteiger partial charge in [-0.25, -0.2) is 15.0 Å². The Kier molecular flexibility index (Phi) is 3.90. The molecule has 0 saturated carbocycles. The number of nitrogens with zero attached hydrogens (tertiary/aromatic N) is 4. The van der Waals surface area contributed by atoms with Crippen LogP contribution < -0.4 is 0 Å². The van der Waals surface area contributed by atoms with E-state index in [2.05, 4.69) is 41.6 Å². The zero-order valence-corrected chi connectivity index (χ0v) is 13.4. The zero-order valence-electron chi connectivity index (χ0n) is 11.8. The van der Waals surface area contributed by atoms with Crippen LogP contribution in [0, 0.1) is 0 Å². The number of thiazole rings is 2. The van der Waals surface area contributed by atoms with Crippen LogP contribution in [0.15, 0.2) is 34.1 Å². The average Bonchev–Trinajstić information content (AvgIpc) is 3.16. The van der Waals surface area contributed by atoms with Crippen LogP contribution >= 0.6 is 22.7 Å². The Morgan fingerprint density at radius 3 is 2.62 bits per heavy atom. The molecule has 0 N–H and O–H groups in total. The van der Waals surface area contributed by atoms with E-state index in [0.717, 1.165) is 27.7 Å². The summed E-state index contributed by atoms with van der Waals surface area (Å²) in [4.78, 5) is 17.4. The Morgan fingerprint density at radius 1 is 1.14 bits per heavy atom. The van der Waals surface area contributed by atoms with Gasteiger partial charge in [-0.3, -0.25) is 4.98 Å². The van der Waals surface area contributed by atoms with Gasteiger partial charge in [-0.1, -0.05) is 13.8 Å². The molecule has 106 valence electrons. The number of pyridine rings is 1. The first-order valence-corrected chi connectivity index (χ1v) is 8.28. The smallest absolute Gasteiger partial charge is 0.209 e. The summed E-state index contributed by atoms with van der Waals surface area (Å²) in [6.45, 7) is 7.78. The quantitative estimate of drug-likeness (QED) is 0.651. The second-order valence-electron chi connectivity index (χ2n) is 4.80. The fourth-order valence-electron chi connectivity index (χ4n) is 2.03. The molecule has 0 atom stereocenters. The number of hydrogen-bond donors (Lipinski definition) is 0. The van der Waals surface area contributed by atoms with Crippen molar-refractivity contribution in [3.63, 3.8) is 0 Å². The highest BCUT2D eigenvalue weighted by Crippen LogP contribution is 2.33. The third-order valence-corrected chi connectivity index (χ3v) is 4.66. The predicted octanol–water partition coefficient (Wildman–Crippen LogP) is 4.78. The number of aromatic nitrogens is 3. The number of hydrogen-bond acceptors (Lipinski definition) is 6. The Balaban J connectivity index is 2.00. The van der Waals surface area contributed by atoms with Gasteiger partial charge >= 0.3 is 0 Å². The van der Waals surface area contributed by atoms with E-state index in [1.807, 2.05) is 23.0 Å². The minimum absolute atomic E-state index is 0.365. The maximum Gasteiger partial charge on any atom is 0.209 e. The molecule has 0 aliphatic heterocycles. The number of aliphatic imine (C=N–C) groups is 1. The molecule has 0 bridgehead atoms. The van der Waals surface area contributed by atoms with Crippen LogP contribution in [0.25, 0.3) is 22.0 Å². The molecule has 0 aliphatic carbocycles. The fourth-order valence-corrected chi connectivity index (χ4v) is 3.49. The van der Waals surface area contributed by atoms with E-state index >= 15 is 0 Å². The van der Waals surface area contributed by atoms with Gasteiger partial charge in [0.15, 0.2) is 0 Å². The highest BCUT2D eigenvalue weighted by molar-refractivity contribution is 7.14. The van der Waals surface area contributed by atoms with Gasteiger partial charge in [0.25, 0.3) is 0 Å². The van der Waals surface area contributed by atoms with Gasteiger partial charge in [0.1, 0.15) is 16.4 Å². The highest BCUT2D eigenvalue weighted by atomic mass is 32.1. The van der Waals surface area contributed by atoms with Crippen molar-refractivity contribution in [1.82, 2.24) is 15.0 Å². The molecule has 0 spiro atoms. The molecule has 0 fully saturated rings. The summed E-state index contributed by atoms with van der Waals surface area (Å²) >= 11 is 3.08. The molecular weight excluding hydrogens is 300 g/mol. The van der Waals surface area contributed by atoms with Gasteiger partial charge in [-0.15, -0.1) is 22.7 Å². The molecular formula is C15H14N4S2. The van der Waals surface area contributed by atoms with Gasteiger partial charge in [0.05, 0.1) is 5.69 Å². The summed E-state index contributed by atoms with van der Waals surface area (Å²) in [6, 6.07) is 4.02. The SMILES string of the molecule is C=Nc1nc(-c2csc(-c3cccnc3C(C)C)n2)cs1. The van der Waals surface area contributed by atoms with Gasteiger partial charge in [0, 0.05) is 22.5 Å². The first-order valence-electron chi connectivity index (χ1n) is 6.52. The molecule has 3 rings (SSSR count). The van der Waals surface area contributed by atoms with Crippen molar-refractivity contribution in [2.24, 2.45) is 4.99 Å². The van der Waals surface area contributed by atoms with Crippen LogP contribution in [0.2, 0.25) is 0 Å². The van der Waals surface area contributed by atoms with Crippen LogP contribution in [0.5, 0.6) is 0 Å². The van der Waals surface area contributed by atoms with E-state index in [-0.39, 0.29) is 0 Å². The third kappa shape index (κ3) is 2.77. The molecule has 3 heterocycles. The van der Waals surface area contributed by atoms with Crippen LogP contribution in [0.1, 0.15) is 25.5 Å². The highest BCUT2D eigenvalue weighted by Gasteiger charge is 2.14. The largest absolute Gasteiger partial charge is 0.260 e. The van der Waals surface area contributed by atoms with Crippen molar-refractivity contribution >= 4 is 34.5 Å². The Labute approximate surface area is 131 Å². The lowest BCUT2D eigenvalue weighted by molar-refractivity contribution is 0.825. The second-order valence-corrected chi connectivity index (χ2v) is 6.50. The Morgan fingerprint density at radius 2 is 1.90 bits per heavy atom. The predicted molar refractivity (Wildman–Crippen MR) is 89.8 cm³/mol. The first-order chi connectivity index (χ1) is 10.2. The lowest BCUT2D eigenvalue weighted by Gasteiger charge is -2.08. The van der Waals surface area contributed by atoms with E-state index < -0.39 is 0 Å². The van der Waals surface area contributed by atoms with Crippen molar-refractivity contribution in [3.8, 4) is 22.0 Å². The van der Waals surface area contributed by atoms with Crippen molar-refractivity contribution in [3.05, 3.63) is 34.8 Å². The normalized spacial score (nSPS) is 11.0. The summed E-state index contributed by atoms with van der Waals surface area (Å²) in [5.74, 6) is 0.365. The summed E-state index contributed by atoms with van der Waals surface area (Å²) < 4.78 is 0. The monoisotopic (exact) mass is 314 g/mol. The molecule has 0 saturated heterocycles. The van der Waals surface area contributed by atoms with E-state index in [4.69, 9.17) is 4.98 Å². The molecule has 6 heteroatoms. The summed E-state index contributed by atoms with van der Waals surface area (Å²) in [5.41, 5.74) is 3.89. The van der Waals surface area contributed by atoms with Gasteiger partial charge in [-0.2, -0.15) is 0 Å². The second kappa shape index (κ2) is 5.83. The minimum atomic E-state index is 0.365. The molecule has 4 nitrogen and oxygen atoms in total. The lowest BCUT2D eigenvalue weighted by Crippen LogP contribution is -1.95. The van der Waals surface area contributed by atoms with Crippen molar-refractivity contribution in [1.29, 1.82) is 0 Å². The summed E-state index contributed by atoms with van der Waals surface area (Å²) in [5, 5.41) is 5.62. The maximum atomic E-state index is 4.70. The standard InChI is InChI=1S/C15H14N4S2/c1-9(2)13-10(5-4-6-17-13)14-18-11(7-20-14)12-8-21-15(16-3)19-12/h4-9H,3H2,1-2H3. The molecule has 0 aromatic carbocycles. The number of rotatable bonds is 4.